The van der Waals surface area contributed by atoms with E-state index in [1.807, 2.05) is 30.3 Å². The third kappa shape index (κ3) is 8.82. The van der Waals surface area contributed by atoms with E-state index in [4.69, 9.17) is 15.2 Å². The van der Waals surface area contributed by atoms with Crippen LogP contribution in [-0.4, -0.2) is 75.6 Å². The summed E-state index contributed by atoms with van der Waals surface area (Å²) in [6.45, 7) is 0.266. The number of nitrogens with two attached hydrogens (primary N) is 1. The number of imidazole rings is 1. The van der Waals surface area contributed by atoms with Gasteiger partial charge in [0.25, 0.3) is 0 Å². The minimum absolute atomic E-state index is 0.0280. The Morgan fingerprint density at radius 3 is 2.40 bits per heavy atom. The van der Waals surface area contributed by atoms with Crippen LogP contribution < -0.4 is 15.2 Å². The lowest BCUT2D eigenvalue weighted by Crippen LogP contribution is -2.40. The number of anilines is 1. The van der Waals surface area contributed by atoms with Crippen molar-refractivity contribution in [2.24, 2.45) is 0 Å². The third-order valence-corrected chi connectivity index (χ3v) is 7.88. The van der Waals surface area contributed by atoms with E-state index >= 15 is 0 Å². The SMILES string of the molecule is Nc1ncnc2c1ncn2[C@@H]1O[C@H](CNS(=O)(=O)OC(=O)CCCCCCCCCCOc2ccccc2)[C@@H](O)[C@H]1O. The summed E-state index contributed by atoms with van der Waals surface area (Å²) >= 11 is 0. The lowest BCUT2D eigenvalue weighted by atomic mass is 10.1. The molecule has 0 radical (unpaired) electrons. The number of ether oxygens (including phenoxy) is 2. The van der Waals surface area contributed by atoms with Crippen LogP contribution in [0, 0.1) is 0 Å². The summed E-state index contributed by atoms with van der Waals surface area (Å²) in [6.07, 6.45) is 5.04. The number of nitrogens with zero attached hydrogens (tertiary/aromatic N) is 4. The molecule has 4 atom stereocenters. The number of hydrogen-bond donors (Lipinski definition) is 4. The molecule has 3 aromatic rings. The van der Waals surface area contributed by atoms with Gasteiger partial charge in [-0.25, -0.2) is 15.0 Å². The molecule has 14 nitrogen and oxygen atoms in total. The highest BCUT2D eigenvalue weighted by molar-refractivity contribution is 7.85. The molecule has 4 rings (SSSR count). The normalized spacial score (nSPS) is 20.6. The molecule has 0 spiro atoms. The molecule has 0 amide bonds. The van der Waals surface area contributed by atoms with E-state index < -0.39 is 47.4 Å². The molecule has 3 heterocycles. The fourth-order valence-electron chi connectivity index (χ4n) is 4.70. The summed E-state index contributed by atoms with van der Waals surface area (Å²) in [4.78, 5) is 24.1. The van der Waals surface area contributed by atoms with Gasteiger partial charge < -0.3 is 29.6 Å². The van der Waals surface area contributed by atoms with Crippen molar-refractivity contribution in [2.45, 2.75) is 82.3 Å². The first kappa shape index (κ1) is 31.6. The van der Waals surface area contributed by atoms with Crippen LogP contribution >= 0.6 is 0 Å². The summed E-state index contributed by atoms with van der Waals surface area (Å²) in [5, 5.41) is 20.9. The van der Waals surface area contributed by atoms with Gasteiger partial charge in [0.2, 0.25) is 0 Å². The number of nitrogen functional groups attached to an aromatic ring is 1. The molecule has 42 heavy (non-hydrogen) atoms. The average Bonchev–Trinajstić information content (AvgIpc) is 3.52. The Morgan fingerprint density at radius 2 is 1.67 bits per heavy atom. The predicted molar refractivity (Wildman–Crippen MR) is 152 cm³/mol. The number of hydrogen-bond acceptors (Lipinski definition) is 12. The highest BCUT2D eigenvalue weighted by atomic mass is 32.2. The molecule has 0 aliphatic carbocycles. The molecule has 15 heteroatoms. The van der Waals surface area contributed by atoms with Crippen molar-refractivity contribution in [1.82, 2.24) is 24.2 Å². The van der Waals surface area contributed by atoms with Crippen molar-refractivity contribution in [1.29, 1.82) is 0 Å². The zero-order valence-corrected chi connectivity index (χ0v) is 24.1. The van der Waals surface area contributed by atoms with E-state index in [0.29, 0.717) is 18.5 Å². The highest BCUT2D eigenvalue weighted by Gasteiger charge is 2.44. The molecule has 5 N–H and O–H groups in total. The van der Waals surface area contributed by atoms with Crippen molar-refractivity contribution >= 4 is 33.3 Å². The average molecular weight is 607 g/mol. The predicted octanol–water partition coefficient (Wildman–Crippen LogP) is 2.00. The summed E-state index contributed by atoms with van der Waals surface area (Å²) < 4.78 is 44.0. The van der Waals surface area contributed by atoms with Crippen molar-refractivity contribution in [3.8, 4) is 5.75 Å². The number of aromatic nitrogens is 4. The summed E-state index contributed by atoms with van der Waals surface area (Å²) in [6, 6.07) is 9.74. The molecule has 0 unspecified atom stereocenters. The van der Waals surface area contributed by atoms with Gasteiger partial charge in [0.15, 0.2) is 17.7 Å². The lowest BCUT2D eigenvalue weighted by molar-refractivity contribution is -0.134. The molecule has 1 aliphatic rings. The van der Waals surface area contributed by atoms with Gasteiger partial charge >= 0.3 is 16.3 Å². The van der Waals surface area contributed by atoms with Gasteiger partial charge in [-0.3, -0.25) is 9.36 Å². The molecule has 1 aliphatic heterocycles. The minimum Gasteiger partial charge on any atom is -0.494 e. The number of rotatable bonds is 17. The van der Waals surface area contributed by atoms with E-state index in [1.165, 1.54) is 17.2 Å². The number of carbonyl (C=O) groups is 1. The van der Waals surface area contributed by atoms with Crippen molar-refractivity contribution in [2.75, 3.05) is 18.9 Å². The van der Waals surface area contributed by atoms with Crippen LogP contribution in [0.3, 0.4) is 0 Å². The number of aliphatic hydroxyl groups is 2. The van der Waals surface area contributed by atoms with E-state index in [1.54, 1.807) is 0 Å². The molecular weight excluding hydrogens is 568 g/mol. The number of fused-ring (bicyclic) bond motifs is 1. The van der Waals surface area contributed by atoms with Crippen LogP contribution in [-0.2, 0) is 24.0 Å². The second kappa shape index (κ2) is 15.2. The maximum absolute atomic E-state index is 12.3. The van der Waals surface area contributed by atoms with Gasteiger partial charge in [0, 0.05) is 13.0 Å². The first-order chi connectivity index (χ1) is 20.2. The van der Waals surface area contributed by atoms with E-state index in [2.05, 4.69) is 23.9 Å². The van der Waals surface area contributed by atoms with E-state index in [-0.39, 0.29) is 17.9 Å². The standard InChI is InChI=1S/C27H38N6O8S/c28-25-22-26(30-17-29-25)33(18-31-22)27-24(36)23(35)20(40-27)16-32-42(37,38)41-21(34)14-10-5-3-1-2-4-6-11-15-39-19-12-8-7-9-13-19/h7-9,12-13,17-18,20,23-24,27,32,35-36H,1-6,10-11,14-16H2,(H2,28,29,30)/t20-,23-,24-,27-/m1/s1. The number of carbonyl (C=O) groups excluding carboxylic acids is 1. The quantitative estimate of drug-likeness (QED) is 0.163. The lowest BCUT2D eigenvalue weighted by Gasteiger charge is -2.16. The number of unbranched alkanes of at least 4 members (excludes halogenated alkanes) is 7. The van der Waals surface area contributed by atoms with Crippen LogP contribution in [0.25, 0.3) is 11.2 Å². The van der Waals surface area contributed by atoms with Crippen LogP contribution in [0.2, 0.25) is 0 Å². The van der Waals surface area contributed by atoms with Gasteiger partial charge in [0.1, 0.15) is 35.9 Å². The molecule has 0 bridgehead atoms. The molecule has 2 aromatic heterocycles. The molecule has 1 fully saturated rings. The Bertz CT molecular complexity index is 1390. The monoisotopic (exact) mass is 606 g/mol. The Morgan fingerprint density at radius 1 is 0.976 bits per heavy atom. The van der Waals surface area contributed by atoms with Gasteiger partial charge in [0.05, 0.1) is 12.9 Å². The third-order valence-electron chi connectivity index (χ3n) is 6.95. The molecule has 1 aromatic carbocycles. The number of para-hydroxylation sites is 1. The Hall–Kier alpha value is -3.37. The number of benzene rings is 1. The van der Waals surface area contributed by atoms with Gasteiger partial charge in [-0.05, 0) is 25.0 Å². The van der Waals surface area contributed by atoms with Crippen LogP contribution in [0.4, 0.5) is 5.82 Å². The maximum Gasteiger partial charge on any atom is 0.385 e. The number of nitrogens with one attached hydrogen (secondary N) is 1. The molecule has 230 valence electrons. The first-order valence-electron chi connectivity index (χ1n) is 14.1. The Balaban J connectivity index is 1.07. The van der Waals surface area contributed by atoms with Crippen LogP contribution in [0.5, 0.6) is 5.75 Å². The second-order valence-electron chi connectivity index (χ2n) is 10.1. The number of aliphatic hydroxyl groups excluding tert-OH is 2. The molecule has 0 saturated carbocycles. The summed E-state index contributed by atoms with van der Waals surface area (Å²) in [7, 11) is -4.44. The van der Waals surface area contributed by atoms with Crippen molar-refractivity contribution < 1.29 is 37.1 Å². The van der Waals surface area contributed by atoms with E-state index in [0.717, 1.165) is 50.7 Å². The molecule has 1 saturated heterocycles. The van der Waals surface area contributed by atoms with Gasteiger partial charge in [-0.1, -0.05) is 56.7 Å². The van der Waals surface area contributed by atoms with Gasteiger partial charge in [-0.2, -0.15) is 13.1 Å². The zero-order valence-electron chi connectivity index (χ0n) is 23.2. The second-order valence-corrected chi connectivity index (χ2v) is 11.5. The maximum atomic E-state index is 12.3. The van der Waals surface area contributed by atoms with Crippen LogP contribution in [0.1, 0.15) is 64.0 Å². The zero-order chi connectivity index (χ0) is 30.0. The molecular formula is C27H38N6O8S. The van der Waals surface area contributed by atoms with Crippen LogP contribution in [0.15, 0.2) is 43.0 Å². The topological polar surface area (TPSA) is 201 Å². The fourth-order valence-corrected chi connectivity index (χ4v) is 5.46. The first-order valence-corrected chi connectivity index (χ1v) is 15.5. The minimum atomic E-state index is -4.44. The van der Waals surface area contributed by atoms with Crippen molar-refractivity contribution in [3.05, 3.63) is 43.0 Å². The summed E-state index contributed by atoms with van der Waals surface area (Å²) in [5.74, 6) is 0.154. The Labute approximate surface area is 244 Å². The smallest absolute Gasteiger partial charge is 0.385 e. The fraction of sp³-hybridized carbons (Fsp3) is 0.556. The Kier molecular flexibility index (Phi) is 11.4. The highest BCUT2D eigenvalue weighted by Crippen LogP contribution is 2.31. The van der Waals surface area contributed by atoms with Crippen molar-refractivity contribution in [3.63, 3.8) is 0 Å². The van der Waals surface area contributed by atoms with E-state index in [9.17, 15) is 23.4 Å². The van der Waals surface area contributed by atoms with Gasteiger partial charge in [-0.15, -0.1) is 0 Å². The summed E-state index contributed by atoms with van der Waals surface area (Å²) in [5.41, 5.74) is 6.35. The largest absolute Gasteiger partial charge is 0.494 e.